The number of piperidine rings is 1. The van der Waals surface area contributed by atoms with Crippen LogP contribution in [0.3, 0.4) is 0 Å². The molecule has 0 spiro atoms. The van der Waals surface area contributed by atoms with Gasteiger partial charge in [-0.15, -0.1) is 11.8 Å². The Labute approximate surface area is 155 Å². The van der Waals surface area contributed by atoms with Crippen molar-refractivity contribution in [1.29, 1.82) is 0 Å². The summed E-state index contributed by atoms with van der Waals surface area (Å²) in [6, 6.07) is 6.66. The quantitative estimate of drug-likeness (QED) is 0.637. The molecular weight excluding hydrogens is 359 g/mol. The summed E-state index contributed by atoms with van der Waals surface area (Å²) >= 11 is 6.55. The Morgan fingerprint density at radius 3 is 2.76 bits per heavy atom. The van der Waals surface area contributed by atoms with Gasteiger partial charge in [-0.1, -0.05) is 12.1 Å². The largest absolute Gasteiger partial charge is 0.343 e. The first-order valence-corrected chi connectivity index (χ1v) is 9.72. The second-order valence-corrected chi connectivity index (χ2v) is 7.65. The van der Waals surface area contributed by atoms with Crippen LogP contribution in [0, 0.1) is 10.6 Å². The van der Waals surface area contributed by atoms with Crippen LogP contribution < -0.4 is 0 Å². The summed E-state index contributed by atoms with van der Waals surface area (Å²) in [5.74, 6) is 1.79. The number of halogens is 1. The molecule has 3 rings (SSSR count). The number of nitrogens with one attached hydrogen (secondary N) is 1. The number of carbonyl (C=O) groups excluding carboxylic acids is 1. The number of thioether (sulfide) groups is 1. The molecule has 1 aromatic carbocycles. The number of nitrogens with zero attached hydrogens (tertiary/aromatic N) is 3. The molecule has 1 aliphatic heterocycles. The van der Waals surface area contributed by atoms with Crippen molar-refractivity contribution < 1.29 is 9.18 Å². The third-order valence-corrected chi connectivity index (χ3v) is 5.95. The van der Waals surface area contributed by atoms with Gasteiger partial charge in [0.05, 0.1) is 0 Å². The highest BCUT2D eigenvalue weighted by molar-refractivity contribution is 7.99. The monoisotopic (exact) mass is 380 g/mol. The first kappa shape index (κ1) is 18.1. The lowest BCUT2D eigenvalue weighted by Crippen LogP contribution is -2.38. The van der Waals surface area contributed by atoms with Crippen molar-refractivity contribution in [2.75, 3.05) is 18.8 Å². The second-order valence-electron chi connectivity index (χ2n) is 6.13. The molecule has 1 aliphatic rings. The molecule has 25 heavy (non-hydrogen) atoms. The van der Waals surface area contributed by atoms with Crippen LogP contribution in [-0.4, -0.2) is 44.4 Å². The molecule has 8 heteroatoms. The smallest absolute Gasteiger partial charge is 0.223 e. The number of rotatable bonds is 5. The van der Waals surface area contributed by atoms with E-state index in [1.807, 2.05) is 16.5 Å². The number of hydrogen-bond acceptors (Lipinski definition) is 4. The van der Waals surface area contributed by atoms with E-state index in [1.54, 1.807) is 18.2 Å². The van der Waals surface area contributed by atoms with Gasteiger partial charge in [-0.25, -0.2) is 4.39 Å². The van der Waals surface area contributed by atoms with Gasteiger partial charge in [0.15, 0.2) is 4.77 Å². The van der Waals surface area contributed by atoms with Gasteiger partial charge in [-0.2, -0.15) is 5.10 Å². The SMILES string of the molecule is Cn1c(C2CCN(C(=O)CCSc3ccccc3F)CC2)n[nH]c1=S. The van der Waals surface area contributed by atoms with E-state index < -0.39 is 0 Å². The molecule has 1 aromatic heterocycles. The van der Waals surface area contributed by atoms with Gasteiger partial charge < -0.3 is 9.47 Å². The van der Waals surface area contributed by atoms with Crippen molar-refractivity contribution in [3.8, 4) is 0 Å². The molecule has 0 radical (unpaired) electrons. The fourth-order valence-electron chi connectivity index (χ4n) is 3.08. The van der Waals surface area contributed by atoms with Crippen LogP contribution in [0.5, 0.6) is 0 Å². The molecule has 2 heterocycles. The fraction of sp³-hybridized carbons (Fsp3) is 0.471. The van der Waals surface area contributed by atoms with E-state index in [4.69, 9.17) is 12.2 Å². The number of H-pyrrole nitrogens is 1. The number of hydrogen-bond donors (Lipinski definition) is 1. The molecule has 1 fully saturated rings. The highest BCUT2D eigenvalue weighted by atomic mass is 32.2. The van der Waals surface area contributed by atoms with Crippen LogP contribution in [0.25, 0.3) is 0 Å². The minimum Gasteiger partial charge on any atom is -0.343 e. The lowest BCUT2D eigenvalue weighted by atomic mass is 9.96. The standard InChI is InChI=1S/C17H21FN4OS2/c1-21-16(19-20-17(21)24)12-6-9-22(10-7-12)15(23)8-11-25-14-5-3-2-4-13(14)18/h2-5,12H,6-11H2,1H3,(H,20,24). The van der Waals surface area contributed by atoms with Crippen molar-refractivity contribution in [3.63, 3.8) is 0 Å². The summed E-state index contributed by atoms with van der Waals surface area (Å²) in [6.07, 6.45) is 2.20. The average Bonchev–Trinajstić information content (AvgIpc) is 2.96. The molecule has 2 aromatic rings. The van der Waals surface area contributed by atoms with Gasteiger partial charge in [-0.05, 0) is 37.2 Å². The van der Waals surface area contributed by atoms with Gasteiger partial charge >= 0.3 is 0 Å². The molecule has 0 aliphatic carbocycles. The Balaban J connectivity index is 1.46. The summed E-state index contributed by atoms with van der Waals surface area (Å²) in [6.45, 7) is 1.46. The first-order valence-electron chi connectivity index (χ1n) is 8.32. The molecule has 1 amide bonds. The fourth-order valence-corrected chi connectivity index (χ4v) is 4.10. The number of amides is 1. The minimum absolute atomic E-state index is 0.137. The second kappa shape index (κ2) is 8.14. The number of benzene rings is 1. The van der Waals surface area contributed by atoms with Crippen LogP contribution >= 0.6 is 24.0 Å². The highest BCUT2D eigenvalue weighted by Gasteiger charge is 2.26. The lowest BCUT2D eigenvalue weighted by molar-refractivity contribution is -0.131. The number of carbonyl (C=O) groups is 1. The van der Waals surface area contributed by atoms with Crippen molar-refractivity contribution in [1.82, 2.24) is 19.7 Å². The predicted octanol–water partition coefficient (Wildman–Crippen LogP) is 3.51. The zero-order chi connectivity index (χ0) is 17.8. The molecule has 1 N–H and O–H groups in total. The molecule has 0 bridgehead atoms. The van der Waals surface area contributed by atoms with Crippen LogP contribution in [0.2, 0.25) is 0 Å². The highest BCUT2D eigenvalue weighted by Crippen LogP contribution is 2.27. The number of likely N-dealkylation sites (tertiary alicyclic amines) is 1. The maximum atomic E-state index is 13.6. The van der Waals surface area contributed by atoms with E-state index in [9.17, 15) is 9.18 Å². The van der Waals surface area contributed by atoms with Crippen LogP contribution in [-0.2, 0) is 11.8 Å². The topological polar surface area (TPSA) is 53.9 Å². The average molecular weight is 381 g/mol. The van der Waals surface area contributed by atoms with Crippen molar-refractivity contribution >= 4 is 29.9 Å². The minimum atomic E-state index is -0.228. The first-order chi connectivity index (χ1) is 12.1. The number of aromatic amines is 1. The third kappa shape index (κ3) is 4.30. The zero-order valence-corrected chi connectivity index (χ0v) is 15.7. The van der Waals surface area contributed by atoms with Crippen molar-refractivity contribution in [3.05, 3.63) is 40.7 Å². The van der Waals surface area contributed by atoms with Crippen LogP contribution in [0.4, 0.5) is 4.39 Å². The normalized spacial score (nSPS) is 15.5. The van der Waals surface area contributed by atoms with Crippen LogP contribution in [0.1, 0.15) is 31.0 Å². The van der Waals surface area contributed by atoms with E-state index in [0.29, 0.717) is 27.8 Å². The molecular formula is C17H21FN4OS2. The Bertz CT molecular complexity index is 796. The van der Waals surface area contributed by atoms with Gasteiger partial charge in [-0.3, -0.25) is 9.89 Å². The maximum Gasteiger partial charge on any atom is 0.223 e. The van der Waals surface area contributed by atoms with E-state index in [0.717, 1.165) is 31.8 Å². The number of aromatic nitrogens is 3. The summed E-state index contributed by atoms with van der Waals surface area (Å²) in [7, 11) is 1.92. The molecule has 134 valence electrons. The van der Waals surface area contributed by atoms with Crippen molar-refractivity contribution in [2.45, 2.75) is 30.1 Å². The van der Waals surface area contributed by atoms with Crippen molar-refractivity contribution in [2.24, 2.45) is 7.05 Å². The molecule has 0 unspecified atom stereocenters. The summed E-state index contributed by atoms with van der Waals surface area (Å²) in [5.41, 5.74) is 0. The summed E-state index contributed by atoms with van der Waals surface area (Å²) in [5, 5.41) is 7.12. The summed E-state index contributed by atoms with van der Waals surface area (Å²) in [4.78, 5) is 14.9. The lowest BCUT2D eigenvalue weighted by Gasteiger charge is -2.31. The van der Waals surface area contributed by atoms with E-state index in [1.165, 1.54) is 17.8 Å². The molecule has 0 saturated carbocycles. The Hall–Kier alpha value is -1.67. The van der Waals surface area contributed by atoms with E-state index >= 15 is 0 Å². The summed E-state index contributed by atoms with van der Waals surface area (Å²) < 4.78 is 16.1. The Kier molecular flexibility index (Phi) is 5.90. The Morgan fingerprint density at radius 1 is 1.40 bits per heavy atom. The maximum absolute atomic E-state index is 13.6. The molecule has 1 saturated heterocycles. The van der Waals surface area contributed by atoms with Crippen LogP contribution in [0.15, 0.2) is 29.2 Å². The van der Waals surface area contributed by atoms with Gasteiger partial charge in [0, 0.05) is 43.1 Å². The Morgan fingerprint density at radius 2 is 2.12 bits per heavy atom. The van der Waals surface area contributed by atoms with Gasteiger partial charge in [0.1, 0.15) is 11.6 Å². The van der Waals surface area contributed by atoms with Gasteiger partial charge in [0.2, 0.25) is 5.91 Å². The third-order valence-electron chi connectivity index (χ3n) is 4.54. The molecule has 5 nitrogen and oxygen atoms in total. The van der Waals surface area contributed by atoms with Gasteiger partial charge in [0.25, 0.3) is 0 Å². The predicted molar refractivity (Wildman–Crippen MR) is 98.7 cm³/mol. The van der Waals surface area contributed by atoms with E-state index in [2.05, 4.69) is 10.2 Å². The molecule has 0 atom stereocenters. The van der Waals surface area contributed by atoms with E-state index in [-0.39, 0.29) is 11.7 Å². The zero-order valence-electron chi connectivity index (χ0n) is 14.1.